The van der Waals surface area contributed by atoms with Crippen LogP contribution in [-0.4, -0.2) is 64.1 Å². The van der Waals surface area contributed by atoms with Gasteiger partial charge in [-0.25, -0.2) is 9.78 Å². The summed E-state index contributed by atoms with van der Waals surface area (Å²) in [5.41, 5.74) is 1.95. The van der Waals surface area contributed by atoms with Gasteiger partial charge in [0.1, 0.15) is 18.6 Å². The molecule has 0 aliphatic carbocycles. The van der Waals surface area contributed by atoms with Gasteiger partial charge in [-0.1, -0.05) is 88.4 Å². The van der Waals surface area contributed by atoms with E-state index in [-0.39, 0.29) is 31.9 Å². The molecule has 0 aliphatic rings. The largest absolute Gasteiger partial charge is 0.445 e. The van der Waals surface area contributed by atoms with Crippen LogP contribution in [0.4, 0.5) is 13.6 Å². The zero-order valence-corrected chi connectivity index (χ0v) is 28.0. The van der Waals surface area contributed by atoms with Gasteiger partial charge in [-0.2, -0.15) is 8.78 Å². The van der Waals surface area contributed by atoms with E-state index in [0.717, 1.165) is 5.56 Å². The van der Waals surface area contributed by atoms with Gasteiger partial charge < -0.3 is 31.0 Å². The Hall–Kier alpha value is -5.14. The minimum Gasteiger partial charge on any atom is -0.445 e. The molecule has 0 aliphatic heterocycles. The van der Waals surface area contributed by atoms with Crippen LogP contribution in [-0.2, 0) is 43.5 Å². The van der Waals surface area contributed by atoms with Gasteiger partial charge in [0, 0.05) is 24.9 Å². The van der Waals surface area contributed by atoms with Crippen molar-refractivity contribution in [3.8, 4) is 0 Å². The number of nitrogens with one attached hydrogen (secondary N) is 5. The number of halogens is 2. The number of hydrogen-bond acceptors (Lipinski definition) is 7. The van der Waals surface area contributed by atoms with Crippen LogP contribution in [0.5, 0.6) is 0 Å². The molecule has 5 N–H and O–H groups in total. The molecule has 0 radical (unpaired) electrons. The highest BCUT2D eigenvalue weighted by Crippen LogP contribution is 2.21. The molecule has 1 heterocycles. The van der Waals surface area contributed by atoms with Crippen molar-refractivity contribution in [1.82, 2.24) is 31.2 Å². The lowest BCUT2D eigenvalue weighted by atomic mass is 9.93. The number of amides is 4. The zero-order valence-electron chi connectivity index (χ0n) is 28.0. The van der Waals surface area contributed by atoms with Gasteiger partial charge in [-0.05, 0) is 29.4 Å². The van der Waals surface area contributed by atoms with Crippen molar-refractivity contribution in [3.63, 3.8) is 0 Å². The molecule has 0 fully saturated rings. The van der Waals surface area contributed by atoms with E-state index in [1.165, 1.54) is 12.5 Å². The summed E-state index contributed by atoms with van der Waals surface area (Å²) in [4.78, 5) is 71.9. The Labute approximate surface area is 284 Å². The maximum Gasteiger partial charge on any atom is 0.408 e. The minimum atomic E-state index is -4.11. The number of aromatic nitrogens is 2. The number of rotatable bonds is 18. The molecule has 4 amide bonds. The van der Waals surface area contributed by atoms with Gasteiger partial charge in [0.25, 0.3) is 0 Å². The number of benzene rings is 2. The summed E-state index contributed by atoms with van der Waals surface area (Å²) in [6, 6.07) is 14.8. The van der Waals surface area contributed by atoms with Crippen molar-refractivity contribution in [2.45, 2.75) is 71.7 Å². The first-order valence-corrected chi connectivity index (χ1v) is 16.0. The topological polar surface area (TPSA) is 171 Å². The molecule has 2 aromatic carbocycles. The number of aromatic amines is 1. The van der Waals surface area contributed by atoms with E-state index in [4.69, 9.17) is 4.74 Å². The van der Waals surface area contributed by atoms with Crippen molar-refractivity contribution in [2.75, 3.05) is 6.54 Å². The third-order valence-corrected chi connectivity index (χ3v) is 7.53. The molecule has 12 nitrogen and oxygen atoms in total. The lowest BCUT2D eigenvalue weighted by Gasteiger charge is -2.27. The molecule has 49 heavy (non-hydrogen) atoms. The van der Waals surface area contributed by atoms with Gasteiger partial charge in [-0.3, -0.25) is 19.2 Å². The van der Waals surface area contributed by atoms with Gasteiger partial charge in [0.05, 0.1) is 18.9 Å². The lowest BCUT2D eigenvalue weighted by Crippen LogP contribution is -2.57. The number of hydrogen-bond donors (Lipinski definition) is 5. The molecule has 0 bridgehead atoms. The number of imidazole rings is 1. The monoisotopic (exact) mass is 682 g/mol. The predicted octanol–water partition coefficient (Wildman–Crippen LogP) is 3.69. The Morgan fingerprint density at radius 3 is 2.00 bits per heavy atom. The third kappa shape index (κ3) is 12.4. The highest BCUT2D eigenvalue weighted by Gasteiger charge is 2.45. The minimum absolute atomic E-state index is 0.0795. The fraction of sp³-hybridized carbons (Fsp3) is 0.429. The number of H-pyrrole nitrogens is 1. The first kappa shape index (κ1) is 38.3. The Balaban J connectivity index is 1.67. The molecule has 3 rings (SSSR count). The van der Waals surface area contributed by atoms with E-state index in [9.17, 15) is 24.0 Å². The average Bonchev–Trinajstić information content (AvgIpc) is 3.58. The quantitative estimate of drug-likeness (QED) is 0.127. The van der Waals surface area contributed by atoms with Crippen LogP contribution in [0.2, 0.25) is 0 Å². The van der Waals surface area contributed by atoms with Gasteiger partial charge >= 0.3 is 12.0 Å². The van der Waals surface area contributed by atoms with Crippen LogP contribution in [0, 0.1) is 17.8 Å². The number of Topliss-reactive ketones (excluding diaryl/α,β-unsaturated/α-hetero) is 1. The smallest absolute Gasteiger partial charge is 0.408 e. The summed E-state index contributed by atoms with van der Waals surface area (Å²) >= 11 is 0. The molecule has 2 unspecified atom stereocenters. The predicted molar refractivity (Wildman–Crippen MR) is 177 cm³/mol. The molecule has 1 aromatic heterocycles. The van der Waals surface area contributed by atoms with Crippen molar-refractivity contribution >= 4 is 29.6 Å². The third-order valence-electron chi connectivity index (χ3n) is 7.53. The summed E-state index contributed by atoms with van der Waals surface area (Å²) in [6.45, 7) is 5.27. The molecule has 264 valence electrons. The second kappa shape index (κ2) is 18.4. The SMILES string of the molecule is CC(C)CC(NC(=O)[C@H](Cc1cnc[nH]1)NC(=O)OCc1ccccc1)C(=O)C(F)(F)CNC(=O)C(C(=O)NCc1ccccc1)C(C)C. The molecule has 3 atom stereocenters. The van der Waals surface area contributed by atoms with Crippen molar-refractivity contribution in [2.24, 2.45) is 17.8 Å². The number of alkyl halides is 2. The zero-order chi connectivity index (χ0) is 36.0. The van der Waals surface area contributed by atoms with Gasteiger partial charge in [0.15, 0.2) is 0 Å². The van der Waals surface area contributed by atoms with Crippen LogP contribution < -0.4 is 21.3 Å². The summed E-state index contributed by atoms with van der Waals surface area (Å²) < 4.78 is 36.1. The van der Waals surface area contributed by atoms with Crippen LogP contribution in [0.3, 0.4) is 0 Å². The number of carbonyl (C=O) groups is 5. The lowest BCUT2D eigenvalue weighted by molar-refractivity contribution is -0.148. The van der Waals surface area contributed by atoms with Crippen LogP contribution in [0.1, 0.15) is 50.9 Å². The van der Waals surface area contributed by atoms with E-state index in [2.05, 4.69) is 31.2 Å². The molecule has 14 heteroatoms. The van der Waals surface area contributed by atoms with Crippen molar-refractivity contribution < 1.29 is 37.5 Å². The fourth-order valence-electron chi connectivity index (χ4n) is 4.98. The highest BCUT2D eigenvalue weighted by molar-refractivity contribution is 6.01. The molecule has 0 saturated carbocycles. The maximum atomic E-state index is 15.4. The fourth-order valence-corrected chi connectivity index (χ4v) is 4.98. The maximum absolute atomic E-state index is 15.4. The Kier molecular flexibility index (Phi) is 14.4. The van der Waals surface area contributed by atoms with E-state index in [0.29, 0.717) is 11.3 Å². The average molecular weight is 683 g/mol. The van der Waals surface area contributed by atoms with Crippen LogP contribution in [0.25, 0.3) is 0 Å². The number of carbonyl (C=O) groups excluding carboxylic acids is 5. The summed E-state index contributed by atoms with van der Waals surface area (Å²) in [6.07, 6.45) is 1.60. The molecular weight excluding hydrogens is 638 g/mol. The number of ether oxygens (including phenoxy) is 1. The second-order valence-electron chi connectivity index (χ2n) is 12.4. The first-order valence-electron chi connectivity index (χ1n) is 16.0. The summed E-state index contributed by atoms with van der Waals surface area (Å²) in [5.74, 6) is -10.4. The number of alkyl carbamates (subject to hydrolysis) is 1. The molecule has 3 aromatic rings. The van der Waals surface area contributed by atoms with E-state index >= 15 is 8.78 Å². The van der Waals surface area contributed by atoms with E-state index in [1.807, 2.05) is 6.07 Å². The first-order chi connectivity index (χ1) is 23.3. The van der Waals surface area contributed by atoms with Crippen molar-refractivity contribution in [1.29, 1.82) is 0 Å². The van der Waals surface area contributed by atoms with Gasteiger partial charge in [0.2, 0.25) is 23.5 Å². The molecule has 0 spiro atoms. The van der Waals surface area contributed by atoms with E-state index in [1.54, 1.807) is 82.3 Å². The second-order valence-corrected chi connectivity index (χ2v) is 12.4. The van der Waals surface area contributed by atoms with Gasteiger partial charge in [-0.15, -0.1) is 0 Å². The standard InChI is InChI=1S/C35H44F2N6O6/c1-22(2)15-27(42-31(45)28(16-26-18-38-21-41-26)43-34(48)49-19-25-13-9-6-10-14-25)30(44)35(36,37)20-40-33(47)29(23(3)4)32(46)39-17-24-11-7-5-8-12-24/h5-14,18,21-23,27-29H,15-17,19-20H2,1-4H3,(H,38,41)(H,39,46)(H,40,47)(H,42,45)(H,43,48)/t27?,28-,29?/m0/s1. The highest BCUT2D eigenvalue weighted by atomic mass is 19.3. The number of nitrogens with zero attached hydrogens (tertiary/aromatic N) is 1. The molecular formula is C35H44F2N6O6. The number of ketones is 1. The van der Waals surface area contributed by atoms with E-state index < -0.39 is 66.0 Å². The van der Waals surface area contributed by atoms with Crippen LogP contribution in [0.15, 0.2) is 73.2 Å². The van der Waals surface area contributed by atoms with Crippen molar-refractivity contribution in [3.05, 3.63) is 90.0 Å². The summed E-state index contributed by atoms with van der Waals surface area (Å²) in [7, 11) is 0. The Morgan fingerprint density at radius 2 is 1.43 bits per heavy atom. The molecule has 0 saturated heterocycles. The Morgan fingerprint density at radius 1 is 0.816 bits per heavy atom. The van der Waals surface area contributed by atoms with Crippen LogP contribution >= 0.6 is 0 Å². The normalized spacial score (nSPS) is 13.2. The Bertz CT molecular complexity index is 1520. The summed E-state index contributed by atoms with van der Waals surface area (Å²) in [5, 5.41) is 9.53.